The molecule has 3 aromatic rings. The quantitative estimate of drug-likeness (QED) is 0.625. The van der Waals surface area contributed by atoms with Crippen molar-refractivity contribution >= 4 is 21.6 Å². The maximum Gasteiger partial charge on any atom is 0.276 e. The van der Waals surface area contributed by atoms with Crippen molar-refractivity contribution in [2.45, 2.75) is 17.0 Å². The van der Waals surface area contributed by atoms with Crippen molar-refractivity contribution in [1.29, 1.82) is 0 Å². The second-order valence-corrected chi connectivity index (χ2v) is 8.37. The van der Waals surface area contributed by atoms with Gasteiger partial charge in [-0.1, -0.05) is 47.7 Å². The molecule has 3 rings (SSSR count). The highest BCUT2D eigenvalue weighted by atomic mass is 32.2. The number of sulfone groups is 1. The Morgan fingerprint density at radius 1 is 1.00 bits per heavy atom. The fourth-order valence-corrected chi connectivity index (χ4v) is 4.49. The van der Waals surface area contributed by atoms with Crippen LogP contribution in [0.2, 0.25) is 0 Å². The van der Waals surface area contributed by atoms with E-state index in [9.17, 15) is 8.42 Å². The Kier molecular flexibility index (Phi) is 5.01. The SMILES string of the molecule is Cc1ccc(-c2nnc(SCCS(=O)(=O)c3ccccc3)o2)cc1. The van der Waals surface area contributed by atoms with Gasteiger partial charge in [0.25, 0.3) is 5.22 Å². The fourth-order valence-electron chi connectivity index (χ4n) is 2.07. The number of thioether (sulfide) groups is 1. The van der Waals surface area contributed by atoms with Crippen LogP contribution in [0.15, 0.2) is 69.1 Å². The summed E-state index contributed by atoms with van der Waals surface area (Å²) in [6.07, 6.45) is 0. The Morgan fingerprint density at radius 2 is 1.71 bits per heavy atom. The molecule has 0 amide bonds. The molecule has 7 heteroatoms. The van der Waals surface area contributed by atoms with Crippen molar-refractivity contribution in [2.75, 3.05) is 11.5 Å². The first-order valence-electron chi connectivity index (χ1n) is 7.36. The van der Waals surface area contributed by atoms with Crippen molar-refractivity contribution in [1.82, 2.24) is 10.2 Å². The van der Waals surface area contributed by atoms with Crippen LogP contribution in [0.1, 0.15) is 5.56 Å². The van der Waals surface area contributed by atoms with E-state index in [4.69, 9.17) is 4.42 Å². The lowest BCUT2D eigenvalue weighted by Gasteiger charge is -2.02. The van der Waals surface area contributed by atoms with E-state index < -0.39 is 9.84 Å². The highest BCUT2D eigenvalue weighted by molar-refractivity contribution is 8.00. The van der Waals surface area contributed by atoms with Gasteiger partial charge in [0.1, 0.15) is 0 Å². The first-order valence-corrected chi connectivity index (χ1v) is 9.99. The molecule has 124 valence electrons. The smallest absolute Gasteiger partial charge is 0.276 e. The first-order chi connectivity index (χ1) is 11.5. The Bertz CT molecular complexity index is 905. The largest absolute Gasteiger partial charge is 0.411 e. The van der Waals surface area contributed by atoms with E-state index in [0.29, 0.717) is 21.8 Å². The molecule has 0 spiro atoms. The maximum absolute atomic E-state index is 12.2. The minimum atomic E-state index is -3.29. The molecule has 0 N–H and O–H groups in total. The second kappa shape index (κ2) is 7.19. The molecule has 0 aliphatic heterocycles. The summed E-state index contributed by atoms with van der Waals surface area (Å²) in [5.74, 6) is 0.805. The number of rotatable bonds is 6. The zero-order chi connectivity index (χ0) is 17.0. The summed E-state index contributed by atoms with van der Waals surface area (Å²) < 4.78 is 30.0. The third kappa shape index (κ3) is 4.04. The van der Waals surface area contributed by atoms with Gasteiger partial charge in [-0.05, 0) is 31.2 Å². The van der Waals surface area contributed by atoms with Crippen LogP contribution in [0.3, 0.4) is 0 Å². The Morgan fingerprint density at radius 3 is 2.42 bits per heavy atom. The molecule has 0 aliphatic carbocycles. The van der Waals surface area contributed by atoms with E-state index >= 15 is 0 Å². The predicted molar refractivity (Wildman–Crippen MR) is 93.7 cm³/mol. The van der Waals surface area contributed by atoms with Gasteiger partial charge in [0.2, 0.25) is 5.89 Å². The van der Waals surface area contributed by atoms with Crippen molar-refractivity contribution < 1.29 is 12.8 Å². The van der Waals surface area contributed by atoms with Gasteiger partial charge in [-0.2, -0.15) is 0 Å². The topological polar surface area (TPSA) is 73.1 Å². The van der Waals surface area contributed by atoms with E-state index in [-0.39, 0.29) is 5.75 Å². The third-order valence-corrected chi connectivity index (χ3v) is 6.20. The van der Waals surface area contributed by atoms with Crippen molar-refractivity contribution in [3.05, 3.63) is 60.2 Å². The molecule has 0 aliphatic rings. The standard InChI is InChI=1S/C17H16N2O3S2/c1-13-7-9-14(10-8-13)16-18-19-17(22-16)23-11-12-24(20,21)15-5-3-2-4-6-15/h2-10H,11-12H2,1H3. The molecule has 1 heterocycles. The predicted octanol–water partition coefficient (Wildman–Crippen LogP) is 3.61. The minimum Gasteiger partial charge on any atom is -0.411 e. The van der Waals surface area contributed by atoms with Crippen molar-refractivity contribution in [3.63, 3.8) is 0 Å². The molecular weight excluding hydrogens is 344 g/mol. The number of nitrogens with zero attached hydrogens (tertiary/aromatic N) is 2. The number of benzene rings is 2. The number of hydrogen-bond donors (Lipinski definition) is 0. The fraction of sp³-hybridized carbons (Fsp3) is 0.176. The molecule has 24 heavy (non-hydrogen) atoms. The van der Waals surface area contributed by atoms with Crippen LogP contribution in [0.5, 0.6) is 0 Å². The molecule has 0 fully saturated rings. The van der Waals surface area contributed by atoms with Gasteiger partial charge >= 0.3 is 0 Å². The van der Waals surface area contributed by atoms with Gasteiger partial charge in [-0.3, -0.25) is 0 Å². The molecule has 0 unspecified atom stereocenters. The molecule has 0 bridgehead atoms. The highest BCUT2D eigenvalue weighted by Crippen LogP contribution is 2.24. The number of hydrogen-bond acceptors (Lipinski definition) is 6. The second-order valence-electron chi connectivity index (χ2n) is 5.22. The van der Waals surface area contributed by atoms with E-state index in [1.165, 1.54) is 11.8 Å². The molecule has 0 radical (unpaired) electrons. The van der Waals surface area contributed by atoms with Gasteiger partial charge in [-0.15, -0.1) is 10.2 Å². The van der Waals surface area contributed by atoms with Crippen LogP contribution in [0.4, 0.5) is 0 Å². The Labute approximate surface area is 145 Å². The van der Waals surface area contributed by atoms with E-state index in [1.54, 1.807) is 30.3 Å². The molecule has 0 saturated carbocycles. The molecule has 1 aromatic heterocycles. The molecule has 0 saturated heterocycles. The van der Waals surface area contributed by atoms with Crippen LogP contribution in [-0.2, 0) is 9.84 Å². The van der Waals surface area contributed by atoms with Crippen molar-refractivity contribution in [3.8, 4) is 11.5 Å². The lowest BCUT2D eigenvalue weighted by Crippen LogP contribution is -2.08. The summed E-state index contributed by atoms with van der Waals surface area (Å²) in [4.78, 5) is 0.330. The van der Waals surface area contributed by atoms with Gasteiger partial charge in [0.15, 0.2) is 9.84 Å². The van der Waals surface area contributed by atoms with Crippen LogP contribution >= 0.6 is 11.8 Å². The summed E-state index contributed by atoms with van der Waals surface area (Å²) in [6, 6.07) is 16.2. The summed E-state index contributed by atoms with van der Waals surface area (Å²) in [7, 11) is -3.29. The van der Waals surface area contributed by atoms with Crippen LogP contribution in [0.25, 0.3) is 11.5 Å². The average molecular weight is 360 g/mol. The Balaban J connectivity index is 1.61. The zero-order valence-electron chi connectivity index (χ0n) is 13.0. The number of aryl methyl sites for hydroxylation is 1. The highest BCUT2D eigenvalue weighted by Gasteiger charge is 2.15. The van der Waals surface area contributed by atoms with Gasteiger partial charge in [0.05, 0.1) is 10.6 Å². The van der Waals surface area contributed by atoms with Crippen LogP contribution in [-0.4, -0.2) is 30.1 Å². The molecule has 5 nitrogen and oxygen atoms in total. The average Bonchev–Trinajstić information content (AvgIpc) is 3.05. The van der Waals surface area contributed by atoms with Gasteiger partial charge in [-0.25, -0.2) is 8.42 Å². The van der Waals surface area contributed by atoms with E-state index in [2.05, 4.69) is 10.2 Å². The summed E-state index contributed by atoms with van der Waals surface area (Å²) in [6.45, 7) is 2.01. The van der Waals surface area contributed by atoms with Crippen molar-refractivity contribution in [2.24, 2.45) is 0 Å². The number of aromatic nitrogens is 2. The third-order valence-electron chi connectivity index (χ3n) is 3.38. The Hall–Kier alpha value is -2.12. The summed E-state index contributed by atoms with van der Waals surface area (Å²) >= 11 is 1.24. The van der Waals surface area contributed by atoms with Crippen LogP contribution < -0.4 is 0 Å². The van der Waals surface area contributed by atoms with Gasteiger partial charge < -0.3 is 4.42 Å². The summed E-state index contributed by atoms with van der Waals surface area (Å²) in [5.41, 5.74) is 2.00. The van der Waals surface area contributed by atoms with Gasteiger partial charge in [0, 0.05) is 11.3 Å². The normalized spacial score (nSPS) is 11.5. The van der Waals surface area contributed by atoms with E-state index in [1.807, 2.05) is 31.2 Å². The minimum absolute atomic E-state index is 0.0178. The van der Waals surface area contributed by atoms with Crippen LogP contribution in [0, 0.1) is 6.92 Å². The first kappa shape index (κ1) is 16.7. The lowest BCUT2D eigenvalue weighted by molar-refractivity contribution is 0.466. The van der Waals surface area contributed by atoms with E-state index in [0.717, 1.165) is 11.1 Å². The summed E-state index contributed by atoms with van der Waals surface area (Å²) in [5, 5.41) is 8.33. The molecule has 2 aromatic carbocycles. The monoisotopic (exact) mass is 360 g/mol. The molecular formula is C17H16N2O3S2. The zero-order valence-corrected chi connectivity index (χ0v) is 14.7. The lowest BCUT2D eigenvalue weighted by atomic mass is 10.1. The maximum atomic E-state index is 12.2. The molecule has 0 atom stereocenters.